The number of halogens is 2. The van der Waals surface area contributed by atoms with Crippen LogP contribution in [-0.4, -0.2) is 26.8 Å². The van der Waals surface area contributed by atoms with Gasteiger partial charge in [0.15, 0.2) is 0 Å². The monoisotopic (exact) mass is 393 g/mol. The van der Waals surface area contributed by atoms with E-state index in [2.05, 4.69) is 22.8 Å². The lowest BCUT2D eigenvalue weighted by Gasteiger charge is -2.41. The van der Waals surface area contributed by atoms with Crippen molar-refractivity contribution >= 4 is 16.9 Å². The van der Waals surface area contributed by atoms with Crippen LogP contribution >= 0.6 is 0 Å². The lowest BCUT2D eigenvalue weighted by atomic mass is 9.86. The molecular weight excluding hydrogens is 372 g/mol. The molecule has 0 bridgehead atoms. The molecule has 29 heavy (non-hydrogen) atoms. The Morgan fingerprint density at radius 3 is 2.76 bits per heavy atom. The first kappa shape index (κ1) is 19.1. The standard InChI is InChI=1S/C23H21F2N3O/c1-3-5-6-17-12-18-19-11-16(25)13-26-23(19)27-21(18)22(28(17)20(29)4-2)14-7-9-15(24)10-8-14/h2,7-11,13,17,22H,3,5-6,12H2,1H3,(H,26,27)/t17-,22-/m0/s1. The average molecular weight is 393 g/mol. The van der Waals surface area contributed by atoms with Gasteiger partial charge in [-0.05, 0) is 48.1 Å². The van der Waals surface area contributed by atoms with Gasteiger partial charge in [0.1, 0.15) is 17.3 Å². The van der Waals surface area contributed by atoms with Crippen molar-refractivity contribution in [3.05, 3.63) is 65.0 Å². The van der Waals surface area contributed by atoms with E-state index in [1.165, 1.54) is 18.2 Å². The zero-order valence-corrected chi connectivity index (χ0v) is 16.1. The number of terminal acetylenes is 1. The Kier molecular flexibility index (Phi) is 5.06. The van der Waals surface area contributed by atoms with Gasteiger partial charge in [-0.25, -0.2) is 13.8 Å². The van der Waals surface area contributed by atoms with Crippen LogP contribution in [0.3, 0.4) is 0 Å². The fourth-order valence-corrected chi connectivity index (χ4v) is 4.27. The van der Waals surface area contributed by atoms with Crippen molar-refractivity contribution in [2.45, 2.75) is 44.7 Å². The van der Waals surface area contributed by atoms with Crippen molar-refractivity contribution in [3.8, 4) is 12.3 Å². The van der Waals surface area contributed by atoms with Gasteiger partial charge in [0, 0.05) is 17.1 Å². The molecule has 1 aliphatic rings. The van der Waals surface area contributed by atoms with Gasteiger partial charge in [-0.1, -0.05) is 31.9 Å². The summed E-state index contributed by atoms with van der Waals surface area (Å²) in [5, 5.41) is 0.710. The molecule has 0 saturated carbocycles. The van der Waals surface area contributed by atoms with Crippen LogP contribution in [0, 0.1) is 24.0 Å². The number of fused-ring (bicyclic) bond motifs is 3. The van der Waals surface area contributed by atoms with E-state index in [1.54, 1.807) is 17.0 Å². The number of H-pyrrole nitrogens is 1. The Morgan fingerprint density at radius 2 is 2.07 bits per heavy atom. The molecule has 2 atom stereocenters. The van der Waals surface area contributed by atoms with Crippen molar-refractivity contribution in [2.24, 2.45) is 0 Å². The molecule has 0 spiro atoms. The molecule has 148 valence electrons. The largest absolute Gasteiger partial charge is 0.341 e. The third-order valence-electron chi connectivity index (χ3n) is 5.58. The van der Waals surface area contributed by atoms with Gasteiger partial charge in [-0.15, -0.1) is 6.42 Å². The number of amides is 1. The van der Waals surface area contributed by atoms with Crippen LogP contribution < -0.4 is 0 Å². The van der Waals surface area contributed by atoms with E-state index < -0.39 is 17.8 Å². The maximum atomic E-state index is 13.9. The van der Waals surface area contributed by atoms with Gasteiger partial charge in [0.25, 0.3) is 5.91 Å². The van der Waals surface area contributed by atoms with E-state index in [0.717, 1.165) is 42.3 Å². The van der Waals surface area contributed by atoms with Gasteiger partial charge < -0.3 is 9.88 Å². The van der Waals surface area contributed by atoms with E-state index >= 15 is 0 Å². The molecule has 2 aromatic heterocycles. The van der Waals surface area contributed by atoms with Crippen molar-refractivity contribution in [1.82, 2.24) is 14.9 Å². The van der Waals surface area contributed by atoms with E-state index in [-0.39, 0.29) is 11.9 Å². The summed E-state index contributed by atoms with van der Waals surface area (Å²) in [5.74, 6) is 1.07. The second-order valence-electron chi connectivity index (χ2n) is 7.38. The summed E-state index contributed by atoms with van der Waals surface area (Å²) in [4.78, 5) is 21.9. The van der Waals surface area contributed by atoms with E-state index in [4.69, 9.17) is 6.42 Å². The summed E-state index contributed by atoms with van der Waals surface area (Å²) in [6.07, 6.45) is 9.91. The van der Waals surface area contributed by atoms with Crippen LogP contribution in [0.15, 0.2) is 36.5 Å². The SMILES string of the molecule is C#CC(=O)N1[C@@H](CCCC)Cc2c([nH]c3ncc(F)cc23)[C@@H]1c1ccc(F)cc1. The quantitative estimate of drug-likeness (QED) is 0.663. The number of hydrogen-bond donors (Lipinski definition) is 1. The van der Waals surface area contributed by atoms with Crippen molar-refractivity contribution in [3.63, 3.8) is 0 Å². The minimum Gasteiger partial charge on any atom is -0.341 e. The predicted octanol–water partition coefficient (Wildman–Crippen LogP) is 4.51. The first-order valence-electron chi connectivity index (χ1n) is 9.73. The molecule has 0 aliphatic carbocycles. The maximum Gasteiger partial charge on any atom is 0.299 e. The van der Waals surface area contributed by atoms with Crippen molar-refractivity contribution < 1.29 is 13.6 Å². The molecule has 3 heterocycles. The summed E-state index contributed by atoms with van der Waals surface area (Å²) < 4.78 is 27.5. The summed E-state index contributed by atoms with van der Waals surface area (Å²) in [6, 6.07) is 6.86. The molecule has 4 rings (SSSR count). The number of unbranched alkanes of at least 4 members (excludes halogenated alkanes) is 1. The Labute approximate surface area is 167 Å². The van der Waals surface area contributed by atoms with E-state index in [9.17, 15) is 13.6 Å². The van der Waals surface area contributed by atoms with Gasteiger partial charge in [0.05, 0.1) is 12.2 Å². The maximum absolute atomic E-state index is 13.9. The highest BCUT2D eigenvalue weighted by atomic mass is 19.1. The molecule has 1 aromatic carbocycles. The topological polar surface area (TPSA) is 49.0 Å². The average Bonchev–Trinajstić information content (AvgIpc) is 3.08. The predicted molar refractivity (Wildman–Crippen MR) is 107 cm³/mol. The smallest absolute Gasteiger partial charge is 0.299 e. The van der Waals surface area contributed by atoms with Crippen LogP contribution in [0.4, 0.5) is 8.78 Å². The molecule has 6 heteroatoms. The molecule has 1 aliphatic heterocycles. The molecule has 0 fully saturated rings. The van der Waals surface area contributed by atoms with Gasteiger partial charge in [-0.2, -0.15) is 0 Å². The normalized spacial score (nSPS) is 18.5. The molecule has 1 N–H and O–H groups in total. The molecule has 0 radical (unpaired) electrons. The molecule has 4 nitrogen and oxygen atoms in total. The number of carbonyl (C=O) groups excluding carboxylic acids is 1. The first-order chi connectivity index (χ1) is 14.0. The summed E-state index contributed by atoms with van der Waals surface area (Å²) in [7, 11) is 0. The Morgan fingerprint density at radius 1 is 1.31 bits per heavy atom. The third-order valence-corrected chi connectivity index (χ3v) is 5.58. The number of nitrogens with zero attached hydrogens (tertiary/aromatic N) is 2. The number of aromatic nitrogens is 2. The van der Waals surface area contributed by atoms with Crippen LogP contribution in [0.2, 0.25) is 0 Å². The van der Waals surface area contributed by atoms with Crippen LogP contribution in [0.5, 0.6) is 0 Å². The summed E-state index contributed by atoms with van der Waals surface area (Å²) in [6.45, 7) is 2.09. The van der Waals surface area contributed by atoms with Crippen molar-refractivity contribution in [1.29, 1.82) is 0 Å². The zero-order chi connectivity index (χ0) is 20.5. The highest BCUT2D eigenvalue weighted by molar-refractivity contribution is 5.94. The van der Waals surface area contributed by atoms with Crippen molar-refractivity contribution in [2.75, 3.05) is 0 Å². The second kappa shape index (κ2) is 7.67. The van der Waals surface area contributed by atoms with Gasteiger partial charge in [-0.3, -0.25) is 4.79 Å². The van der Waals surface area contributed by atoms with E-state index in [0.29, 0.717) is 17.5 Å². The fourth-order valence-electron chi connectivity index (χ4n) is 4.27. The molecule has 3 aromatic rings. The number of hydrogen-bond acceptors (Lipinski definition) is 2. The van der Waals surface area contributed by atoms with Gasteiger partial charge in [0.2, 0.25) is 0 Å². The molecule has 1 amide bonds. The third kappa shape index (κ3) is 3.38. The lowest BCUT2D eigenvalue weighted by Crippen LogP contribution is -2.47. The van der Waals surface area contributed by atoms with Crippen LogP contribution in [-0.2, 0) is 11.2 Å². The number of aromatic amines is 1. The zero-order valence-electron chi connectivity index (χ0n) is 16.1. The Hall–Kier alpha value is -3.20. The molecular formula is C23H21F2N3O. The molecule has 0 saturated heterocycles. The Balaban J connectivity index is 1.94. The summed E-state index contributed by atoms with van der Waals surface area (Å²) in [5.41, 5.74) is 2.99. The van der Waals surface area contributed by atoms with E-state index in [1.807, 2.05) is 0 Å². The first-order valence-corrected chi connectivity index (χ1v) is 9.73. The number of benzene rings is 1. The second-order valence-corrected chi connectivity index (χ2v) is 7.38. The minimum absolute atomic E-state index is 0.136. The molecule has 0 unspecified atom stereocenters. The van der Waals surface area contributed by atoms with Crippen LogP contribution in [0.1, 0.15) is 49.0 Å². The Bertz CT molecular complexity index is 1100. The summed E-state index contributed by atoms with van der Waals surface area (Å²) >= 11 is 0. The van der Waals surface area contributed by atoms with Gasteiger partial charge >= 0.3 is 0 Å². The number of rotatable bonds is 4. The number of pyridine rings is 1. The number of nitrogens with one attached hydrogen (secondary N) is 1. The lowest BCUT2D eigenvalue weighted by molar-refractivity contribution is -0.130. The minimum atomic E-state index is -0.512. The fraction of sp³-hybridized carbons (Fsp3) is 0.304. The van der Waals surface area contributed by atoms with Crippen LogP contribution in [0.25, 0.3) is 11.0 Å². The highest BCUT2D eigenvalue weighted by Crippen LogP contribution is 2.41. The highest BCUT2D eigenvalue weighted by Gasteiger charge is 2.39. The number of carbonyl (C=O) groups is 1.